The van der Waals surface area contributed by atoms with Crippen molar-refractivity contribution in [2.75, 3.05) is 19.7 Å². The van der Waals surface area contributed by atoms with E-state index in [0.29, 0.717) is 5.92 Å². The fourth-order valence-corrected chi connectivity index (χ4v) is 2.45. The third kappa shape index (κ3) is 3.06. The molecule has 1 aromatic rings. The summed E-state index contributed by atoms with van der Waals surface area (Å²) in [6.07, 6.45) is 2.26. The lowest BCUT2D eigenvalue weighted by Crippen LogP contribution is -2.36. The van der Waals surface area contributed by atoms with Gasteiger partial charge in [-0.05, 0) is 36.9 Å². The van der Waals surface area contributed by atoms with Gasteiger partial charge in [-0.3, -0.25) is 4.90 Å². The number of likely N-dealkylation sites (tertiary alicyclic amines) is 1. The largest absolute Gasteiger partial charge is 0.396 e. The van der Waals surface area contributed by atoms with E-state index >= 15 is 0 Å². The van der Waals surface area contributed by atoms with Gasteiger partial charge in [-0.15, -0.1) is 0 Å². The average molecular weight is 230 g/mol. The molecule has 0 aromatic heterocycles. The molecule has 1 heterocycles. The molecule has 1 aromatic carbocycles. The molecule has 1 aliphatic rings. The molecule has 0 bridgehead atoms. The first-order chi connectivity index (χ1) is 8.33. The van der Waals surface area contributed by atoms with Crippen molar-refractivity contribution in [1.82, 2.24) is 4.90 Å². The molecule has 0 amide bonds. The average Bonchev–Trinajstić information content (AvgIpc) is 2.39. The van der Waals surface area contributed by atoms with Gasteiger partial charge in [0.25, 0.3) is 0 Å². The van der Waals surface area contributed by atoms with Crippen LogP contribution in [-0.2, 0) is 6.54 Å². The van der Waals surface area contributed by atoms with E-state index in [4.69, 9.17) is 5.26 Å². The smallest absolute Gasteiger partial charge is 0.0995 e. The summed E-state index contributed by atoms with van der Waals surface area (Å²) in [5.41, 5.74) is 1.85. The highest BCUT2D eigenvalue weighted by Crippen LogP contribution is 2.19. The molecule has 3 heteroatoms. The summed E-state index contributed by atoms with van der Waals surface area (Å²) in [5, 5.41) is 18.2. The zero-order valence-corrected chi connectivity index (χ0v) is 9.97. The maximum atomic E-state index is 9.20. The van der Waals surface area contributed by atoms with Gasteiger partial charge in [0.05, 0.1) is 11.6 Å². The maximum Gasteiger partial charge on any atom is 0.0995 e. The molecule has 0 spiro atoms. The lowest BCUT2D eigenvalue weighted by atomic mass is 9.98. The highest BCUT2D eigenvalue weighted by molar-refractivity contribution is 5.37. The number of nitriles is 1. The van der Waals surface area contributed by atoms with Gasteiger partial charge in [0.15, 0.2) is 0 Å². The van der Waals surface area contributed by atoms with Gasteiger partial charge >= 0.3 is 0 Å². The molecule has 1 atom stereocenters. The van der Waals surface area contributed by atoms with Crippen molar-refractivity contribution in [1.29, 1.82) is 5.26 Å². The Hall–Kier alpha value is -1.37. The molecule has 1 N–H and O–H groups in total. The number of nitrogens with zero attached hydrogens (tertiary/aromatic N) is 2. The molecule has 1 saturated heterocycles. The first-order valence-corrected chi connectivity index (χ1v) is 6.14. The van der Waals surface area contributed by atoms with Gasteiger partial charge in [-0.25, -0.2) is 0 Å². The van der Waals surface area contributed by atoms with Crippen molar-refractivity contribution in [3.05, 3.63) is 35.4 Å². The third-order valence-corrected chi connectivity index (χ3v) is 3.39. The second-order valence-corrected chi connectivity index (χ2v) is 4.69. The summed E-state index contributed by atoms with van der Waals surface area (Å²) in [6.45, 7) is 3.10. The highest BCUT2D eigenvalue weighted by atomic mass is 16.3. The molecule has 0 unspecified atom stereocenters. The van der Waals surface area contributed by atoms with Crippen LogP contribution >= 0.6 is 0 Å². The van der Waals surface area contributed by atoms with Crippen molar-refractivity contribution < 1.29 is 5.11 Å². The monoisotopic (exact) mass is 230 g/mol. The highest BCUT2D eigenvalue weighted by Gasteiger charge is 2.19. The number of hydrogen-bond acceptors (Lipinski definition) is 3. The second-order valence-electron chi connectivity index (χ2n) is 4.69. The zero-order chi connectivity index (χ0) is 12.1. The lowest BCUT2D eigenvalue weighted by Gasteiger charge is -2.31. The second kappa shape index (κ2) is 5.81. The van der Waals surface area contributed by atoms with E-state index < -0.39 is 0 Å². The van der Waals surface area contributed by atoms with Gasteiger partial charge in [0.1, 0.15) is 0 Å². The van der Waals surface area contributed by atoms with Gasteiger partial charge < -0.3 is 5.11 Å². The Bertz CT molecular complexity index is 411. The SMILES string of the molecule is N#Cc1ccccc1CN1CCC[C@@H](CO)C1. The van der Waals surface area contributed by atoms with Crippen LogP contribution in [0.3, 0.4) is 0 Å². The van der Waals surface area contributed by atoms with Crippen LogP contribution in [0.15, 0.2) is 24.3 Å². The fourth-order valence-electron chi connectivity index (χ4n) is 2.45. The molecule has 2 rings (SSSR count). The van der Waals surface area contributed by atoms with Crippen LogP contribution in [0.5, 0.6) is 0 Å². The number of aliphatic hydroxyl groups excluding tert-OH is 1. The third-order valence-electron chi connectivity index (χ3n) is 3.39. The Labute approximate surface area is 102 Å². The normalized spacial score (nSPS) is 21.1. The maximum absolute atomic E-state index is 9.20. The van der Waals surface area contributed by atoms with Crippen LogP contribution in [0.4, 0.5) is 0 Å². The zero-order valence-electron chi connectivity index (χ0n) is 9.97. The first-order valence-electron chi connectivity index (χ1n) is 6.14. The molecule has 1 aliphatic heterocycles. The van der Waals surface area contributed by atoms with Gasteiger partial charge in [-0.2, -0.15) is 5.26 Å². The Morgan fingerprint density at radius 2 is 2.24 bits per heavy atom. The van der Waals surface area contributed by atoms with Crippen molar-refractivity contribution >= 4 is 0 Å². The van der Waals surface area contributed by atoms with Crippen LogP contribution in [0.25, 0.3) is 0 Å². The van der Waals surface area contributed by atoms with Crippen LogP contribution in [0.2, 0.25) is 0 Å². The quantitative estimate of drug-likeness (QED) is 0.860. The number of benzene rings is 1. The minimum absolute atomic E-state index is 0.274. The summed E-state index contributed by atoms with van der Waals surface area (Å²) in [4.78, 5) is 2.33. The number of aliphatic hydroxyl groups is 1. The van der Waals surface area contributed by atoms with Crippen molar-refractivity contribution in [3.63, 3.8) is 0 Å². The number of rotatable bonds is 3. The number of piperidine rings is 1. The minimum Gasteiger partial charge on any atom is -0.396 e. The van der Waals surface area contributed by atoms with E-state index in [1.807, 2.05) is 24.3 Å². The summed E-state index contributed by atoms with van der Waals surface area (Å²) in [7, 11) is 0. The van der Waals surface area contributed by atoms with Gasteiger partial charge in [-0.1, -0.05) is 18.2 Å². The van der Waals surface area contributed by atoms with E-state index in [2.05, 4.69) is 11.0 Å². The van der Waals surface area contributed by atoms with E-state index in [1.165, 1.54) is 0 Å². The predicted octanol–water partition coefficient (Wildman–Crippen LogP) is 1.76. The number of hydrogen-bond donors (Lipinski definition) is 1. The van der Waals surface area contributed by atoms with Crippen molar-refractivity contribution in [2.24, 2.45) is 5.92 Å². The molecule has 17 heavy (non-hydrogen) atoms. The van der Waals surface area contributed by atoms with Crippen LogP contribution in [-0.4, -0.2) is 29.7 Å². The summed E-state index contributed by atoms with van der Waals surface area (Å²) in [6, 6.07) is 9.99. The first kappa shape index (κ1) is 12.1. The Morgan fingerprint density at radius 1 is 1.41 bits per heavy atom. The van der Waals surface area contributed by atoms with E-state index in [0.717, 1.165) is 43.6 Å². The molecule has 3 nitrogen and oxygen atoms in total. The molecule has 90 valence electrons. The summed E-state index contributed by atoms with van der Waals surface area (Å²) < 4.78 is 0. The van der Waals surface area contributed by atoms with Crippen molar-refractivity contribution in [2.45, 2.75) is 19.4 Å². The van der Waals surface area contributed by atoms with Crippen LogP contribution < -0.4 is 0 Å². The lowest BCUT2D eigenvalue weighted by molar-refractivity contribution is 0.116. The van der Waals surface area contributed by atoms with Crippen LogP contribution in [0.1, 0.15) is 24.0 Å². The Balaban J connectivity index is 2.03. The minimum atomic E-state index is 0.274. The standard InChI is InChI=1S/C14H18N2O/c15-8-13-5-1-2-6-14(13)10-16-7-3-4-12(9-16)11-17/h1-2,5-6,12,17H,3-4,7,9-11H2/t12-/m1/s1. The topological polar surface area (TPSA) is 47.3 Å². The molecule has 0 radical (unpaired) electrons. The Kier molecular flexibility index (Phi) is 4.13. The fraction of sp³-hybridized carbons (Fsp3) is 0.500. The molecular weight excluding hydrogens is 212 g/mol. The van der Waals surface area contributed by atoms with Gasteiger partial charge in [0.2, 0.25) is 0 Å². The summed E-state index contributed by atoms with van der Waals surface area (Å²) >= 11 is 0. The van der Waals surface area contributed by atoms with Gasteiger partial charge in [0, 0.05) is 19.7 Å². The molecule has 1 fully saturated rings. The van der Waals surface area contributed by atoms with E-state index in [9.17, 15) is 5.11 Å². The van der Waals surface area contributed by atoms with Crippen molar-refractivity contribution in [3.8, 4) is 6.07 Å². The van der Waals surface area contributed by atoms with E-state index in [1.54, 1.807) is 0 Å². The Morgan fingerprint density at radius 3 is 3.00 bits per heavy atom. The molecular formula is C14H18N2O. The van der Waals surface area contributed by atoms with Crippen LogP contribution in [0, 0.1) is 17.2 Å². The predicted molar refractivity (Wildman–Crippen MR) is 66.2 cm³/mol. The molecule has 0 aliphatic carbocycles. The summed E-state index contributed by atoms with van der Waals surface area (Å²) in [5.74, 6) is 0.401. The van der Waals surface area contributed by atoms with E-state index in [-0.39, 0.29) is 6.61 Å². The molecule has 0 saturated carbocycles.